The van der Waals surface area contributed by atoms with Crippen molar-refractivity contribution >= 4 is 17.9 Å². The molecule has 0 spiro atoms. The molecular weight excluding hydrogens is 1020 g/mol. The van der Waals surface area contributed by atoms with Crippen LogP contribution in [0.4, 0.5) is 0 Å². The molecule has 83 heavy (non-hydrogen) atoms. The molecular formula is C77H128O6. The molecule has 0 rings (SSSR count). The lowest BCUT2D eigenvalue weighted by Crippen LogP contribution is -2.30. The summed E-state index contributed by atoms with van der Waals surface area (Å²) in [4.78, 5) is 38.5. The van der Waals surface area contributed by atoms with Crippen molar-refractivity contribution in [3.05, 3.63) is 134 Å². The molecule has 472 valence electrons. The van der Waals surface area contributed by atoms with Crippen LogP contribution in [0.15, 0.2) is 134 Å². The Labute approximate surface area is 513 Å². The largest absolute Gasteiger partial charge is 0.462 e. The molecule has 1 unspecified atom stereocenters. The van der Waals surface area contributed by atoms with Crippen LogP contribution < -0.4 is 0 Å². The molecule has 0 amide bonds. The van der Waals surface area contributed by atoms with E-state index in [1.54, 1.807) is 0 Å². The molecule has 0 saturated heterocycles. The number of unbranched alkanes of at least 4 members (excludes halogenated alkanes) is 29. The molecule has 0 saturated carbocycles. The highest BCUT2D eigenvalue weighted by molar-refractivity contribution is 5.71. The smallest absolute Gasteiger partial charge is 0.306 e. The first-order valence-electron chi connectivity index (χ1n) is 34.7. The number of allylic oxidation sites excluding steroid dienone is 22. The fourth-order valence-corrected chi connectivity index (χ4v) is 9.53. The zero-order valence-corrected chi connectivity index (χ0v) is 54.2. The van der Waals surface area contributed by atoms with Crippen LogP contribution >= 0.6 is 0 Å². The van der Waals surface area contributed by atoms with Gasteiger partial charge in [0.2, 0.25) is 0 Å². The van der Waals surface area contributed by atoms with Gasteiger partial charge < -0.3 is 14.2 Å². The first-order chi connectivity index (χ1) is 41.0. The van der Waals surface area contributed by atoms with Crippen molar-refractivity contribution in [3.63, 3.8) is 0 Å². The molecule has 0 aromatic carbocycles. The fourth-order valence-electron chi connectivity index (χ4n) is 9.53. The first-order valence-corrected chi connectivity index (χ1v) is 34.7. The minimum absolute atomic E-state index is 0.0983. The van der Waals surface area contributed by atoms with Gasteiger partial charge in [0.05, 0.1) is 0 Å². The second kappa shape index (κ2) is 70.0. The summed E-state index contributed by atoms with van der Waals surface area (Å²) < 4.78 is 17.0. The molecule has 0 heterocycles. The van der Waals surface area contributed by atoms with E-state index in [1.165, 1.54) is 141 Å². The summed E-state index contributed by atoms with van der Waals surface area (Å²) in [6.07, 6.45) is 98.9. The van der Waals surface area contributed by atoms with E-state index in [4.69, 9.17) is 14.2 Å². The molecule has 6 nitrogen and oxygen atoms in total. The van der Waals surface area contributed by atoms with Crippen LogP contribution in [-0.2, 0) is 28.6 Å². The number of esters is 3. The Morgan fingerprint density at radius 2 is 0.470 bits per heavy atom. The second-order valence-electron chi connectivity index (χ2n) is 22.7. The van der Waals surface area contributed by atoms with Gasteiger partial charge in [0.15, 0.2) is 6.10 Å². The molecule has 0 aromatic heterocycles. The highest BCUT2D eigenvalue weighted by Crippen LogP contribution is 2.17. The Hall–Kier alpha value is -4.45. The zero-order chi connectivity index (χ0) is 59.9. The summed E-state index contributed by atoms with van der Waals surface area (Å²) in [5, 5.41) is 0. The molecule has 0 radical (unpaired) electrons. The van der Waals surface area contributed by atoms with Crippen LogP contribution in [-0.4, -0.2) is 37.2 Å². The van der Waals surface area contributed by atoms with Gasteiger partial charge in [-0.1, -0.05) is 315 Å². The number of hydrogen-bond acceptors (Lipinski definition) is 6. The number of carbonyl (C=O) groups excluding carboxylic acids is 3. The lowest BCUT2D eigenvalue weighted by atomic mass is 10.0. The van der Waals surface area contributed by atoms with Crippen LogP contribution in [0.1, 0.15) is 316 Å². The van der Waals surface area contributed by atoms with E-state index in [-0.39, 0.29) is 37.5 Å². The van der Waals surface area contributed by atoms with Crippen LogP contribution in [0, 0.1) is 0 Å². The SMILES string of the molecule is CC/C=C\C/C=C\C/C=C\C/C=C\C/C=C\C/C=C\CCCCC(=O)OC(COC(=O)CCCCCCCCCCC/C=C\C/C=C\C/C=C\C/C=C\C/C=C\CC)COC(=O)CCCCCCCCCCCCCCCCCCCCC. The minimum atomic E-state index is -0.809. The number of carbonyl (C=O) groups is 3. The molecule has 0 aromatic rings. The van der Waals surface area contributed by atoms with E-state index in [9.17, 15) is 14.4 Å². The molecule has 1 atom stereocenters. The van der Waals surface area contributed by atoms with E-state index < -0.39 is 6.10 Å². The van der Waals surface area contributed by atoms with Gasteiger partial charge in [-0.15, -0.1) is 0 Å². The summed E-state index contributed by atoms with van der Waals surface area (Å²) in [5.74, 6) is -0.939. The summed E-state index contributed by atoms with van der Waals surface area (Å²) in [5.41, 5.74) is 0. The normalized spacial score (nSPS) is 13.0. The van der Waals surface area contributed by atoms with Crippen molar-refractivity contribution in [1.29, 1.82) is 0 Å². The quantitative estimate of drug-likeness (QED) is 0.0261. The monoisotopic (exact) mass is 1150 g/mol. The second-order valence-corrected chi connectivity index (χ2v) is 22.7. The number of rotatable bonds is 62. The van der Waals surface area contributed by atoms with E-state index >= 15 is 0 Å². The Morgan fingerprint density at radius 1 is 0.253 bits per heavy atom. The van der Waals surface area contributed by atoms with E-state index in [2.05, 4.69) is 154 Å². The Balaban J connectivity index is 4.46. The molecule has 0 aliphatic rings. The average Bonchev–Trinajstić information content (AvgIpc) is 3.50. The topological polar surface area (TPSA) is 78.9 Å². The molecule has 0 aliphatic heterocycles. The lowest BCUT2D eigenvalue weighted by molar-refractivity contribution is -0.167. The van der Waals surface area contributed by atoms with Gasteiger partial charge in [-0.3, -0.25) is 14.4 Å². The predicted molar refractivity (Wildman–Crippen MR) is 362 cm³/mol. The van der Waals surface area contributed by atoms with Crippen LogP contribution in [0.2, 0.25) is 0 Å². The Kier molecular flexibility index (Phi) is 66.3. The van der Waals surface area contributed by atoms with E-state index in [1.807, 2.05) is 0 Å². The van der Waals surface area contributed by atoms with Crippen LogP contribution in [0.25, 0.3) is 0 Å². The highest BCUT2D eigenvalue weighted by atomic mass is 16.6. The van der Waals surface area contributed by atoms with Gasteiger partial charge in [0.25, 0.3) is 0 Å². The summed E-state index contributed by atoms with van der Waals surface area (Å²) in [7, 11) is 0. The van der Waals surface area contributed by atoms with E-state index in [0.29, 0.717) is 19.3 Å². The third-order valence-corrected chi connectivity index (χ3v) is 14.7. The summed E-state index contributed by atoms with van der Waals surface area (Å²) in [6, 6.07) is 0. The van der Waals surface area contributed by atoms with Gasteiger partial charge in [0.1, 0.15) is 13.2 Å². The van der Waals surface area contributed by atoms with Crippen molar-refractivity contribution in [2.45, 2.75) is 322 Å². The maximum Gasteiger partial charge on any atom is 0.306 e. The lowest BCUT2D eigenvalue weighted by Gasteiger charge is -2.18. The van der Waals surface area contributed by atoms with Crippen molar-refractivity contribution < 1.29 is 28.6 Å². The molecule has 0 N–H and O–H groups in total. The standard InChI is InChI=1S/C77H128O6/c1-4-7-10-13-16-19-22-25-28-31-34-36-37-38-39-41-43-46-49-52-55-58-61-64-67-70-76(79)82-73-74(72-81-75(78)69-66-63-60-57-54-51-48-45-42-33-30-27-24-21-18-15-12-9-6-3)83-77(80)71-68-65-62-59-56-53-50-47-44-40-35-32-29-26-23-20-17-14-11-8-5-2/h7-8,10-11,16-17,19-20,25-26,28-29,34-36,38-40,47,50,56,59,74H,4-6,9,12-15,18,21-24,27,30-33,37,41-46,48-49,51-55,57-58,60-73H2,1-3H3/b10-7-,11-8-,19-16-,20-17-,28-25-,29-26-,36-34-,39-38-,40-35-,50-47-,59-56-. The predicted octanol–water partition coefficient (Wildman–Crippen LogP) is 24.1. The number of ether oxygens (including phenoxy) is 3. The third kappa shape index (κ3) is 68.2. The van der Waals surface area contributed by atoms with E-state index in [0.717, 1.165) is 128 Å². The Morgan fingerprint density at radius 3 is 0.759 bits per heavy atom. The fraction of sp³-hybridized carbons (Fsp3) is 0.675. The van der Waals surface area contributed by atoms with Gasteiger partial charge >= 0.3 is 17.9 Å². The maximum atomic E-state index is 12.9. The van der Waals surface area contributed by atoms with Crippen molar-refractivity contribution in [2.24, 2.45) is 0 Å². The highest BCUT2D eigenvalue weighted by Gasteiger charge is 2.19. The van der Waals surface area contributed by atoms with Crippen LogP contribution in [0.3, 0.4) is 0 Å². The van der Waals surface area contributed by atoms with Gasteiger partial charge in [0, 0.05) is 19.3 Å². The minimum Gasteiger partial charge on any atom is -0.462 e. The third-order valence-electron chi connectivity index (χ3n) is 14.7. The van der Waals surface area contributed by atoms with Crippen molar-refractivity contribution in [3.8, 4) is 0 Å². The Bertz CT molecular complexity index is 1750. The maximum absolute atomic E-state index is 12.9. The van der Waals surface area contributed by atoms with Crippen molar-refractivity contribution in [2.75, 3.05) is 13.2 Å². The summed E-state index contributed by atoms with van der Waals surface area (Å²) in [6.45, 7) is 6.41. The van der Waals surface area contributed by atoms with Crippen LogP contribution in [0.5, 0.6) is 0 Å². The molecule has 0 fully saturated rings. The van der Waals surface area contributed by atoms with Gasteiger partial charge in [-0.25, -0.2) is 0 Å². The zero-order valence-electron chi connectivity index (χ0n) is 54.2. The first kappa shape index (κ1) is 78.5. The number of hydrogen-bond donors (Lipinski definition) is 0. The molecule has 6 heteroatoms. The van der Waals surface area contributed by atoms with Gasteiger partial charge in [-0.05, 0) is 116 Å². The van der Waals surface area contributed by atoms with Gasteiger partial charge in [-0.2, -0.15) is 0 Å². The molecule has 0 bridgehead atoms. The van der Waals surface area contributed by atoms with Crippen molar-refractivity contribution in [1.82, 2.24) is 0 Å². The average molecular weight is 1150 g/mol. The summed E-state index contributed by atoms with van der Waals surface area (Å²) >= 11 is 0. The molecule has 0 aliphatic carbocycles.